The summed E-state index contributed by atoms with van der Waals surface area (Å²) in [5.74, 6) is -0.300. The first-order valence-corrected chi connectivity index (χ1v) is 3.21. The molecule has 5 nitrogen and oxygen atoms in total. The smallest absolute Gasteiger partial charge is 0.270 e. The number of ether oxygens (including phenoxy) is 1. The Morgan fingerprint density at radius 1 is 1.91 bits per heavy atom. The van der Waals surface area contributed by atoms with E-state index in [-0.39, 0.29) is 11.6 Å². The van der Waals surface area contributed by atoms with Crippen molar-refractivity contribution in [1.29, 1.82) is 0 Å². The van der Waals surface area contributed by atoms with E-state index in [2.05, 4.69) is 9.97 Å². The van der Waals surface area contributed by atoms with Gasteiger partial charge in [-0.2, -0.15) is 0 Å². The SMILES string of the molecule is CCOc1nc[nH]c1C(N)=O. The van der Waals surface area contributed by atoms with E-state index >= 15 is 0 Å². The summed E-state index contributed by atoms with van der Waals surface area (Å²) in [5.41, 5.74) is 5.21. The molecule has 0 aromatic carbocycles. The van der Waals surface area contributed by atoms with Gasteiger partial charge < -0.3 is 15.5 Å². The number of carbonyl (C=O) groups is 1. The van der Waals surface area contributed by atoms with Crippen LogP contribution < -0.4 is 10.5 Å². The minimum Gasteiger partial charge on any atom is -0.476 e. The third kappa shape index (κ3) is 1.49. The Labute approximate surface area is 63.6 Å². The first kappa shape index (κ1) is 7.59. The van der Waals surface area contributed by atoms with Gasteiger partial charge >= 0.3 is 0 Å². The number of carbonyl (C=O) groups excluding carboxylic acids is 1. The van der Waals surface area contributed by atoms with Crippen LogP contribution in [0.1, 0.15) is 17.4 Å². The summed E-state index contributed by atoms with van der Waals surface area (Å²) in [7, 11) is 0. The molecular formula is C6H9N3O2. The maximum Gasteiger partial charge on any atom is 0.270 e. The number of imidazole rings is 1. The highest BCUT2D eigenvalue weighted by atomic mass is 16.5. The van der Waals surface area contributed by atoms with Gasteiger partial charge in [-0.15, -0.1) is 0 Å². The number of rotatable bonds is 3. The van der Waals surface area contributed by atoms with Gasteiger partial charge in [0.15, 0.2) is 5.69 Å². The van der Waals surface area contributed by atoms with Gasteiger partial charge in [-0.3, -0.25) is 4.79 Å². The topological polar surface area (TPSA) is 81.0 Å². The number of primary amides is 1. The maximum absolute atomic E-state index is 10.6. The van der Waals surface area contributed by atoms with E-state index in [0.717, 1.165) is 0 Å². The standard InChI is InChI=1S/C6H9N3O2/c1-2-11-6-4(5(7)10)8-3-9-6/h3H,2H2,1H3,(H2,7,10)(H,8,9). The summed E-state index contributed by atoms with van der Waals surface area (Å²) in [6.45, 7) is 2.27. The van der Waals surface area contributed by atoms with Crippen LogP contribution in [0, 0.1) is 0 Å². The van der Waals surface area contributed by atoms with Gasteiger partial charge in [-0.25, -0.2) is 4.98 Å². The molecular weight excluding hydrogens is 146 g/mol. The molecule has 0 saturated carbocycles. The molecule has 1 aromatic heterocycles. The van der Waals surface area contributed by atoms with Gasteiger partial charge in [0, 0.05) is 0 Å². The van der Waals surface area contributed by atoms with Crippen molar-refractivity contribution in [3.63, 3.8) is 0 Å². The lowest BCUT2D eigenvalue weighted by molar-refractivity contribution is 0.0992. The number of hydrogen-bond donors (Lipinski definition) is 2. The van der Waals surface area contributed by atoms with Crippen molar-refractivity contribution in [1.82, 2.24) is 9.97 Å². The van der Waals surface area contributed by atoms with Gasteiger partial charge in [-0.1, -0.05) is 0 Å². The molecule has 0 radical (unpaired) electrons. The van der Waals surface area contributed by atoms with Crippen molar-refractivity contribution in [2.24, 2.45) is 5.73 Å². The molecule has 0 aliphatic heterocycles. The van der Waals surface area contributed by atoms with E-state index in [1.807, 2.05) is 0 Å². The second-order valence-corrected chi connectivity index (χ2v) is 1.88. The van der Waals surface area contributed by atoms with Crippen LogP contribution in [0.15, 0.2) is 6.33 Å². The van der Waals surface area contributed by atoms with E-state index < -0.39 is 5.91 Å². The highest BCUT2D eigenvalue weighted by Crippen LogP contribution is 2.10. The van der Waals surface area contributed by atoms with E-state index in [9.17, 15) is 4.79 Å². The molecule has 1 amide bonds. The summed E-state index contributed by atoms with van der Waals surface area (Å²) in [5, 5.41) is 0. The largest absolute Gasteiger partial charge is 0.476 e. The van der Waals surface area contributed by atoms with Gasteiger partial charge in [0.05, 0.1) is 12.9 Å². The Hall–Kier alpha value is -1.52. The van der Waals surface area contributed by atoms with Crippen LogP contribution in [-0.2, 0) is 0 Å². The highest BCUT2D eigenvalue weighted by Gasteiger charge is 2.10. The summed E-state index contributed by atoms with van der Waals surface area (Å²) in [6.07, 6.45) is 1.37. The van der Waals surface area contributed by atoms with Gasteiger partial charge in [0.25, 0.3) is 5.91 Å². The molecule has 0 spiro atoms. The second kappa shape index (κ2) is 3.05. The third-order valence-corrected chi connectivity index (χ3v) is 1.13. The second-order valence-electron chi connectivity index (χ2n) is 1.88. The van der Waals surface area contributed by atoms with Crippen molar-refractivity contribution < 1.29 is 9.53 Å². The number of hydrogen-bond acceptors (Lipinski definition) is 3. The van der Waals surface area contributed by atoms with Crippen LogP contribution in [0.3, 0.4) is 0 Å². The minimum absolute atomic E-state index is 0.215. The average molecular weight is 155 g/mol. The fraction of sp³-hybridized carbons (Fsp3) is 0.333. The Morgan fingerprint density at radius 2 is 2.64 bits per heavy atom. The van der Waals surface area contributed by atoms with Crippen LogP contribution in [0.5, 0.6) is 5.88 Å². The maximum atomic E-state index is 10.6. The predicted octanol–water partition coefficient (Wildman–Crippen LogP) is -0.0927. The number of nitrogens with one attached hydrogen (secondary N) is 1. The van der Waals surface area contributed by atoms with Crippen LogP contribution >= 0.6 is 0 Å². The molecule has 1 heterocycles. The number of H-pyrrole nitrogens is 1. The summed E-state index contributed by atoms with van der Waals surface area (Å²) < 4.78 is 5.00. The van der Waals surface area contributed by atoms with Gasteiger partial charge in [0.2, 0.25) is 5.88 Å². The molecule has 3 N–H and O–H groups in total. The normalized spacial score (nSPS) is 9.55. The van der Waals surface area contributed by atoms with Crippen LogP contribution in [0.4, 0.5) is 0 Å². The molecule has 0 unspecified atom stereocenters. The summed E-state index contributed by atoms with van der Waals surface area (Å²) in [4.78, 5) is 17.0. The molecule has 0 bridgehead atoms. The number of aromatic nitrogens is 2. The summed E-state index contributed by atoms with van der Waals surface area (Å²) >= 11 is 0. The lowest BCUT2D eigenvalue weighted by atomic mass is 10.4. The zero-order chi connectivity index (χ0) is 8.27. The molecule has 0 fully saturated rings. The minimum atomic E-state index is -0.564. The number of nitrogens with two attached hydrogens (primary N) is 1. The van der Waals surface area contributed by atoms with Crippen molar-refractivity contribution >= 4 is 5.91 Å². The Kier molecular flexibility index (Phi) is 2.10. The summed E-state index contributed by atoms with van der Waals surface area (Å²) in [6, 6.07) is 0. The molecule has 60 valence electrons. The van der Waals surface area contributed by atoms with Crippen molar-refractivity contribution in [3.8, 4) is 5.88 Å². The predicted molar refractivity (Wildman–Crippen MR) is 38.3 cm³/mol. The molecule has 0 aliphatic rings. The molecule has 0 atom stereocenters. The lowest BCUT2D eigenvalue weighted by Gasteiger charge is -1.98. The van der Waals surface area contributed by atoms with E-state index in [4.69, 9.17) is 10.5 Å². The lowest BCUT2D eigenvalue weighted by Crippen LogP contribution is -2.13. The van der Waals surface area contributed by atoms with E-state index in [0.29, 0.717) is 6.61 Å². The molecule has 11 heavy (non-hydrogen) atoms. The first-order valence-electron chi connectivity index (χ1n) is 3.21. The molecule has 0 saturated heterocycles. The number of nitrogens with zero attached hydrogens (tertiary/aromatic N) is 1. The Morgan fingerprint density at radius 3 is 3.18 bits per heavy atom. The van der Waals surface area contributed by atoms with Crippen molar-refractivity contribution in [3.05, 3.63) is 12.0 Å². The monoisotopic (exact) mass is 155 g/mol. The zero-order valence-electron chi connectivity index (χ0n) is 6.13. The van der Waals surface area contributed by atoms with Crippen molar-refractivity contribution in [2.45, 2.75) is 6.92 Å². The Bertz CT molecular complexity index is 256. The zero-order valence-corrected chi connectivity index (χ0v) is 6.13. The van der Waals surface area contributed by atoms with Crippen LogP contribution in [0.25, 0.3) is 0 Å². The van der Waals surface area contributed by atoms with E-state index in [1.165, 1.54) is 6.33 Å². The first-order chi connectivity index (χ1) is 5.25. The van der Waals surface area contributed by atoms with Gasteiger partial charge in [-0.05, 0) is 6.92 Å². The molecule has 1 aromatic rings. The number of amides is 1. The molecule has 5 heteroatoms. The highest BCUT2D eigenvalue weighted by molar-refractivity contribution is 5.92. The van der Waals surface area contributed by atoms with Gasteiger partial charge in [0.1, 0.15) is 0 Å². The fourth-order valence-corrected chi connectivity index (χ4v) is 0.704. The number of aromatic amines is 1. The van der Waals surface area contributed by atoms with E-state index in [1.54, 1.807) is 6.92 Å². The quantitative estimate of drug-likeness (QED) is 0.639. The molecule has 0 aliphatic carbocycles. The Balaban J connectivity index is 2.87. The molecule has 1 rings (SSSR count). The van der Waals surface area contributed by atoms with Crippen LogP contribution in [-0.4, -0.2) is 22.5 Å². The van der Waals surface area contributed by atoms with Crippen molar-refractivity contribution in [2.75, 3.05) is 6.61 Å². The third-order valence-electron chi connectivity index (χ3n) is 1.13. The average Bonchev–Trinajstić information content (AvgIpc) is 2.36. The van der Waals surface area contributed by atoms with Crippen LogP contribution in [0.2, 0.25) is 0 Å². The fourth-order valence-electron chi connectivity index (χ4n) is 0.704.